The average Bonchev–Trinajstić information content (AvgIpc) is 3.24. The molecule has 1 fully saturated rings. The number of aromatic nitrogens is 2. The van der Waals surface area contributed by atoms with Crippen molar-refractivity contribution in [3.05, 3.63) is 59.9 Å². The number of nitrogens with one attached hydrogen (secondary N) is 1. The number of hydrogen-bond donors (Lipinski definition) is 1. The molecular weight excluding hydrogens is 294 g/mol. The van der Waals surface area contributed by atoms with E-state index < -0.39 is 0 Å². The second-order valence-electron chi connectivity index (χ2n) is 6.97. The van der Waals surface area contributed by atoms with E-state index in [9.17, 15) is 0 Å². The third-order valence-corrected chi connectivity index (χ3v) is 5.35. The largest absolute Gasteiger partial charge is 0.307 e. The molecule has 24 heavy (non-hydrogen) atoms. The highest BCUT2D eigenvalue weighted by atomic mass is 15.3. The smallest absolute Gasteiger partial charge is 0.0727 e. The van der Waals surface area contributed by atoms with Crippen LogP contribution in [0.25, 0.3) is 16.5 Å². The molecule has 0 aliphatic heterocycles. The molecule has 124 valence electrons. The van der Waals surface area contributed by atoms with Crippen LogP contribution in [0.3, 0.4) is 0 Å². The molecule has 1 saturated carbocycles. The highest BCUT2D eigenvalue weighted by molar-refractivity contribution is 5.90. The minimum atomic E-state index is 0.344. The Kier molecular flexibility index (Phi) is 4.11. The summed E-state index contributed by atoms with van der Waals surface area (Å²) in [5, 5.41) is 11.0. The maximum absolute atomic E-state index is 4.71. The summed E-state index contributed by atoms with van der Waals surface area (Å²) in [6, 6.07) is 15.9. The fraction of sp³-hybridized carbons (Fsp3) is 0.381. The van der Waals surface area contributed by atoms with Crippen LogP contribution < -0.4 is 5.32 Å². The van der Waals surface area contributed by atoms with E-state index in [0.29, 0.717) is 12.1 Å². The third kappa shape index (κ3) is 2.73. The van der Waals surface area contributed by atoms with Gasteiger partial charge in [-0.25, -0.2) is 4.68 Å². The predicted molar refractivity (Wildman–Crippen MR) is 99.6 cm³/mol. The van der Waals surface area contributed by atoms with Gasteiger partial charge in [0.1, 0.15) is 0 Å². The average molecular weight is 319 g/mol. The third-order valence-electron chi connectivity index (χ3n) is 5.35. The Bertz CT molecular complexity index is 838. The Hall–Kier alpha value is -2.13. The molecule has 0 radical (unpaired) electrons. The molecule has 0 amide bonds. The highest BCUT2D eigenvalue weighted by Crippen LogP contribution is 2.27. The molecule has 3 heteroatoms. The molecule has 0 unspecified atom stereocenters. The standard InChI is InChI=1S/C21H25N3/c1-15(23-18-10-4-5-11-18)20-14-22-24(16(20)2)21-13-7-9-17-8-3-6-12-19(17)21/h3,6-9,12-15,18,23H,4-5,10-11H2,1-2H3/t15-/m1/s1. The van der Waals surface area contributed by atoms with E-state index in [1.807, 2.05) is 6.20 Å². The van der Waals surface area contributed by atoms with Gasteiger partial charge in [0.25, 0.3) is 0 Å². The van der Waals surface area contributed by atoms with Gasteiger partial charge in [0.05, 0.1) is 11.9 Å². The Morgan fingerprint density at radius 2 is 1.83 bits per heavy atom. The minimum Gasteiger partial charge on any atom is -0.307 e. The topological polar surface area (TPSA) is 29.9 Å². The first kappa shape index (κ1) is 15.4. The van der Waals surface area contributed by atoms with Crippen LogP contribution in [0.1, 0.15) is 49.9 Å². The van der Waals surface area contributed by atoms with Gasteiger partial charge in [0, 0.05) is 28.7 Å². The summed E-state index contributed by atoms with van der Waals surface area (Å²) in [6.07, 6.45) is 7.36. The van der Waals surface area contributed by atoms with Gasteiger partial charge in [0.15, 0.2) is 0 Å². The molecule has 4 rings (SSSR count). The molecule has 1 aromatic heterocycles. The van der Waals surface area contributed by atoms with Gasteiger partial charge >= 0.3 is 0 Å². The van der Waals surface area contributed by atoms with Gasteiger partial charge in [0.2, 0.25) is 0 Å². The molecule has 1 aliphatic rings. The normalized spacial score (nSPS) is 16.8. The summed E-state index contributed by atoms with van der Waals surface area (Å²) in [6.45, 7) is 4.44. The van der Waals surface area contributed by atoms with Gasteiger partial charge in [-0.05, 0) is 38.1 Å². The number of nitrogens with zero attached hydrogens (tertiary/aromatic N) is 2. The van der Waals surface area contributed by atoms with Gasteiger partial charge in [-0.2, -0.15) is 5.10 Å². The van der Waals surface area contributed by atoms with E-state index in [1.54, 1.807) is 0 Å². The molecule has 0 bridgehead atoms. The van der Waals surface area contributed by atoms with Crippen molar-refractivity contribution in [2.24, 2.45) is 0 Å². The van der Waals surface area contributed by atoms with Gasteiger partial charge in [-0.3, -0.25) is 0 Å². The lowest BCUT2D eigenvalue weighted by molar-refractivity contribution is 0.460. The Morgan fingerprint density at radius 1 is 1.08 bits per heavy atom. The van der Waals surface area contributed by atoms with Crippen molar-refractivity contribution < 1.29 is 0 Å². The second kappa shape index (κ2) is 6.40. The van der Waals surface area contributed by atoms with Crippen molar-refractivity contribution in [3.63, 3.8) is 0 Å². The lowest BCUT2D eigenvalue weighted by Crippen LogP contribution is -2.29. The number of benzene rings is 2. The molecule has 1 heterocycles. The SMILES string of the molecule is Cc1c([C@@H](C)NC2CCCC2)cnn1-c1cccc2ccccc12. The van der Waals surface area contributed by atoms with E-state index in [2.05, 4.69) is 66.3 Å². The molecule has 3 nitrogen and oxygen atoms in total. The van der Waals surface area contributed by atoms with Gasteiger partial charge < -0.3 is 5.32 Å². The summed E-state index contributed by atoms with van der Waals surface area (Å²) in [5.41, 5.74) is 3.68. The summed E-state index contributed by atoms with van der Waals surface area (Å²) in [5.74, 6) is 0. The quantitative estimate of drug-likeness (QED) is 0.739. The van der Waals surface area contributed by atoms with Crippen molar-refractivity contribution in [3.8, 4) is 5.69 Å². The highest BCUT2D eigenvalue weighted by Gasteiger charge is 2.20. The van der Waals surface area contributed by atoms with Crippen LogP contribution in [0.15, 0.2) is 48.7 Å². The first-order valence-corrected chi connectivity index (χ1v) is 9.03. The van der Waals surface area contributed by atoms with Crippen molar-refractivity contribution in [1.29, 1.82) is 0 Å². The van der Waals surface area contributed by atoms with E-state index in [1.165, 1.54) is 47.7 Å². The molecule has 0 saturated heterocycles. The zero-order valence-electron chi connectivity index (χ0n) is 14.5. The number of rotatable bonds is 4. The maximum Gasteiger partial charge on any atom is 0.0727 e. The predicted octanol–water partition coefficient (Wildman–Crippen LogP) is 4.93. The minimum absolute atomic E-state index is 0.344. The Balaban J connectivity index is 1.68. The zero-order chi connectivity index (χ0) is 16.5. The van der Waals surface area contributed by atoms with Crippen molar-refractivity contribution in [2.75, 3.05) is 0 Å². The molecule has 1 atom stereocenters. The van der Waals surface area contributed by atoms with Crippen LogP contribution in [0, 0.1) is 6.92 Å². The molecular formula is C21H25N3. The molecule has 1 N–H and O–H groups in total. The monoisotopic (exact) mass is 319 g/mol. The maximum atomic E-state index is 4.71. The lowest BCUT2D eigenvalue weighted by atomic mass is 10.1. The molecule has 1 aliphatic carbocycles. The molecule has 0 spiro atoms. The fourth-order valence-corrected chi connectivity index (χ4v) is 4.02. The summed E-state index contributed by atoms with van der Waals surface area (Å²) >= 11 is 0. The van der Waals surface area contributed by atoms with Crippen LogP contribution in [0.4, 0.5) is 0 Å². The number of hydrogen-bond acceptors (Lipinski definition) is 2. The van der Waals surface area contributed by atoms with Gasteiger partial charge in [-0.15, -0.1) is 0 Å². The van der Waals surface area contributed by atoms with Crippen LogP contribution >= 0.6 is 0 Å². The Labute approximate surface area is 143 Å². The first-order valence-electron chi connectivity index (χ1n) is 9.03. The van der Waals surface area contributed by atoms with Crippen molar-refractivity contribution in [2.45, 2.75) is 51.6 Å². The van der Waals surface area contributed by atoms with Crippen LogP contribution in [0.5, 0.6) is 0 Å². The van der Waals surface area contributed by atoms with Crippen LogP contribution in [-0.2, 0) is 0 Å². The summed E-state index contributed by atoms with van der Waals surface area (Å²) in [7, 11) is 0. The zero-order valence-corrected chi connectivity index (χ0v) is 14.5. The van der Waals surface area contributed by atoms with Crippen LogP contribution in [-0.4, -0.2) is 15.8 Å². The van der Waals surface area contributed by atoms with Gasteiger partial charge in [-0.1, -0.05) is 49.2 Å². The Morgan fingerprint density at radius 3 is 2.67 bits per heavy atom. The lowest BCUT2D eigenvalue weighted by Gasteiger charge is -2.19. The fourth-order valence-electron chi connectivity index (χ4n) is 4.02. The van der Waals surface area contributed by atoms with Crippen LogP contribution in [0.2, 0.25) is 0 Å². The van der Waals surface area contributed by atoms with E-state index in [4.69, 9.17) is 5.10 Å². The number of fused-ring (bicyclic) bond motifs is 1. The van der Waals surface area contributed by atoms with Crippen molar-refractivity contribution in [1.82, 2.24) is 15.1 Å². The molecule has 2 aromatic carbocycles. The van der Waals surface area contributed by atoms with E-state index >= 15 is 0 Å². The molecule has 3 aromatic rings. The second-order valence-corrected chi connectivity index (χ2v) is 6.97. The first-order chi connectivity index (χ1) is 11.7. The van der Waals surface area contributed by atoms with Crippen molar-refractivity contribution >= 4 is 10.8 Å². The van der Waals surface area contributed by atoms with E-state index in [0.717, 1.165) is 5.69 Å². The summed E-state index contributed by atoms with van der Waals surface area (Å²) in [4.78, 5) is 0. The summed E-state index contributed by atoms with van der Waals surface area (Å²) < 4.78 is 2.09. The van der Waals surface area contributed by atoms with E-state index in [-0.39, 0.29) is 0 Å².